The van der Waals surface area contributed by atoms with E-state index in [1.807, 2.05) is 18.2 Å². The zero-order valence-electron chi connectivity index (χ0n) is 9.42. The highest BCUT2D eigenvalue weighted by Crippen LogP contribution is 2.26. The minimum absolute atomic E-state index is 0.707. The molecule has 1 fully saturated rings. The molecule has 88 valence electrons. The predicted octanol–water partition coefficient (Wildman–Crippen LogP) is 2.37. The Morgan fingerprint density at radius 2 is 2.44 bits per heavy atom. The molecule has 0 amide bonds. The second-order valence-electron chi connectivity index (χ2n) is 4.09. The van der Waals surface area contributed by atoms with Crippen LogP contribution in [-0.4, -0.2) is 26.7 Å². The Kier molecular flexibility index (Phi) is 3.91. The van der Waals surface area contributed by atoms with E-state index in [2.05, 4.69) is 10.6 Å². The number of hydrogen-bond acceptors (Lipinski definition) is 3. The van der Waals surface area contributed by atoms with Gasteiger partial charge in [0.15, 0.2) is 0 Å². The van der Waals surface area contributed by atoms with Gasteiger partial charge in [0.25, 0.3) is 0 Å². The Labute approximate surface area is 101 Å². The van der Waals surface area contributed by atoms with Crippen LogP contribution in [0.2, 0.25) is 5.02 Å². The Morgan fingerprint density at radius 3 is 3.06 bits per heavy atom. The quantitative estimate of drug-likeness (QED) is 0.848. The molecule has 4 heteroatoms. The molecule has 0 aromatic heterocycles. The van der Waals surface area contributed by atoms with Gasteiger partial charge in [0, 0.05) is 12.6 Å². The van der Waals surface area contributed by atoms with Gasteiger partial charge < -0.3 is 15.4 Å². The third kappa shape index (κ3) is 2.80. The first-order valence-electron chi connectivity index (χ1n) is 5.57. The Hall–Kier alpha value is -0.930. The number of ether oxygens (including phenoxy) is 1. The predicted molar refractivity (Wildman–Crippen MR) is 67.5 cm³/mol. The topological polar surface area (TPSA) is 33.3 Å². The fraction of sp³-hybridized carbons (Fsp3) is 0.500. The summed E-state index contributed by atoms with van der Waals surface area (Å²) < 4.78 is 5.11. The Morgan fingerprint density at radius 1 is 1.56 bits per heavy atom. The molecule has 1 saturated heterocycles. The maximum absolute atomic E-state index is 6.14. The van der Waals surface area contributed by atoms with Gasteiger partial charge in [-0.05, 0) is 37.6 Å². The van der Waals surface area contributed by atoms with Crippen LogP contribution in [0.15, 0.2) is 18.2 Å². The van der Waals surface area contributed by atoms with Gasteiger partial charge in [-0.25, -0.2) is 0 Å². The zero-order valence-corrected chi connectivity index (χ0v) is 10.2. The lowest BCUT2D eigenvalue weighted by Gasteiger charge is -2.13. The van der Waals surface area contributed by atoms with Crippen molar-refractivity contribution >= 4 is 17.3 Å². The second-order valence-corrected chi connectivity index (χ2v) is 4.49. The minimum atomic E-state index is 0.707. The van der Waals surface area contributed by atoms with Crippen LogP contribution >= 0.6 is 11.6 Å². The van der Waals surface area contributed by atoms with E-state index >= 15 is 0 Å². The molecule has 0 bridgehead atoms. The van der Waals surface area contributed by atoms with E-state index in [4.69, 9.17) is 16.3 Å². The summed E-state index contributed by atoms with van der Waals surface area (Å²) >= 11 is 6.14. The summed E-state index contributed by atoms with van der Waals surface area (Å²) in [5.74, 6) is 1.50. The van der Waals surface area contributed by atoms with Crippen molar-refractivity contribution < 1.29 is 4.74 Å². The number of hydrogen-bond donors (Lipinski definition) is 2. The molecule has 0 spiro atoms. The molecule has 3 nitrogen and oxygen atoms in total. The molecule has 1 aliphatic rings. The molecular formula is C12H17ClN2O. The van der Waals surface area contributed by atoms with Crippen molar-refractivity contribution in [2.75, 3.05) is 32.1 Å². The zero-order chi connectivity index (χ0) is 11.4. The lowest BCUT2D eigenvalue weighted by molar-refractivity contribution is 0.415. The van der Waals surface area contributed by atoms with Gasteiger partial charge in [-0.1, -0.05) is 11.6 Å². The molecule has 1 atom stereocenters. The van der Waals surface area contributed by atoms with Crippen molar-refractivity contribution in [2.45, 2.75) is 6.42 Å². The van der Waals surface area contributed by atoms with Gasteiger partial charge in [0.2, 0.25) is 0 Å². The van der Waals surface area contributed by atoms with Gasteiger partial charge >= 0.3 is 0 Å². The summed E-state index contributed by atoms with van der Waals surface area (Å²) in [6, 6.07) is 5.71. The lowest BCUT2D eigenvalue weighted by Crippen LogP contribution is -2.17. The van der Waals surface area contributed by atoms with Crippen LogP contribution in [0.3, 0.4) is 0 Å². The summed E-state index contributed by atoms with van der Waals surface area (Å²) in [5.41, 5.74) is 0.981. The smallest absolute Gasteiger partial charge is 0.120 e. The number of nitrogens with one attached hydrogen (secondary N) is 2. The van der Waals surface area contributed by atoms with Crippen LogP contribution in [0.4, 0.5) is 5.69 Å². The molecule has 1 heterocycles. The fourth-order valence-corrected chi connectivity index (χ4v) is 2.15. The normalized spacial score (nSPS) is 19.8. The average Bonchev–Trinajstić information content (AvgIpc) is 2.80. The molecule has 1 aromatic carbocycles. The van der Waals surface area contributed by atoms with Gasteiger partial charge in [0.05, 0.1) is 17.8 Å². The van der Waals surface area contributed by atoms with Gasteiger partial charge in [-0.3, -0.25) is 0 Å². The third-order valence-corrected chi connectivity index (χ3v) is 3.23. The molecule has 2 N–H and O–H groups in total. The largest absolute Gasteiger partial charge is 0.497 e. The van der Waals surface area contributed by atoms with Crippen molar-refractivity contribution in [2.24, 2.45) is 5.92 Å². The molecular weight excluding hydrogens is 224 g/mol. The number of methoxy groups -OCH3 is 1. The second kappa shape index (κ2) is 5.41. The summed E-state index contributed by atoms with van der Waals surface area (Å²) in [6.45, 7) is 3.20. The average molecular weight is 241 g/mol. The summed E-state index contributed by atoms with van der Waals surface area (Å²) in [6.07, 6.45) is 1.24. The van der Waals surface area contributed by atoms with Gasteiger partial charge in [-0.15, -0.1) is 0 Å². The van der Waals surface area contributed by atoms with E-state index in [0.717, 1.165) is 31.1 Å². The van der Waals surface area contributed by atoms with E-state index in [1.165, 1.54) is 6.42 Å². The molecule has 1 unspecified atom stereocenters. The maximum atomic E-state index is 6.14. The molecule has 0 radical (unpaired) electrons. The Balaban J connectivity index is 1.93. The van der Waals surface area contributed by atoms with Crippen LogP contribution < -0.4 is 15.4 Å². The lowest BCUT2D eigenvalue weighted by atomic mass is 10.1. The monoisotopic (exact) mass is 240 g/mol. The number of benzene rings is 1. The van der Waals surface area contributed by atoms with E-state index in [-0.39, 0.29) is 0 Å². The van der Waals surface area contributed by atoms with Crippen LogP contribution in [-0.2, 0) is 0 Å². The molecule has 1 aliphatic heterocycles. The molecule has 0 saturated carbocycles. The van der Waals surface area contributed by atoms with Crippen LogP contribution in [0.5, 0.6) is 5.75 Å². The summed E-state index contributed by atoms with van der Waals surface area (Å²) in [7, 11) is 1.64. The fourth-order valence-electron chi connectivity index (χ4n) is 1.91. The summed E-state index contributed by atoms with van der Waals surface area (Å²) in [4.78, 5) is 0. The highest BCUT2D eigenvalue weighted by Gasteiger charge is 2.14. The molecule has 0 aliphatic carbocycles. The number of halogens is 1. The van der Waals surface area contributed by atoms with Crippen molar-refractivity contribution in [1.29, 1.82) is 0 Å². The molecule has 16 heavy (non-hydrogen) atoms. The Bertz CT molecular complexity index is 351. The highest BCUT2D eigenvalue weighted by molar-refractivity contribution is 6.33. The van der Waals surface area contributed by atoms with Crippen molar-refractivity contribution in [3.8, 4) is 5.75 Å². The van der Waals surface area contributed by atoms with Crippen molar-refractivity contribution in [3.63, 3.8) is 0 Å². The molecule has 2 rings (SSSR count). The first kappa shape index (κ1) is 11.6. The highest BCUT2D eigenvalue weighted by atomic mass is 35.5. The van der Waals surface area contributed by atoms with Crippen LogP contribution in [0.25, 0.3) is 0 Å². The molecule has 1 aromatic rings. The minimum Gasteiger partial charge on any atom is -0.497 e. The van der Waals surface area contributed by atoms with Crippen LogP contribution in [0, 0.1) is 5.92 Å². The number of rotatable bonds is 4. The van der Waals surface area contributed by atoms with E-state index < -0.39 is 0 Å². The van der Waals surface area contributed by atoms with Gasteiger partial charge in [0.1, 0.15) is 5.75 Å². The first-order valence-corrected chi connectivity index (χ1v) is 5.95. The third-order valence-electron chi connectivity index (χ3n) is 2.92. The van der Waals surface area contributed by atoms with E-state index in [0.29, 0.717) is 10.9 Å². The van der Waals surface area contributed by atoms with Gasteiger partial charge in [-0.2, -0.15) is 0 Å². The summed E-state index contributed by atoms with van der Waals surface area (Å²) in [5, 5.41) is 7.44. The van der Waals surface area contributed by atoms with Crippen molar-refractivity contribution in [3.05, 3.63) is 23.2 Å². The van der Waals surface area contributed by atoms with E-state index in [9.17, 15) is 0 Å². The number of anilines is 1. The first-order chi connectivity index (χ1) is 7.79. The standard InChI is InChI=1S/C12H17ClN2O/c1-16-10-2-3-12(11(13)6-10)15-8-9-4-5-14-7-9/h2-3,6,9,14-15H,4-5,7-8H2,1H3. The van der Waals surface area contributed by atoms with Crippen LogP contribution in [0.1, 0.15) is 6.42 Å². The van der Waals surface area contributed by atoms with E-state index in [1.54, 1.807) is 7.11 Å². The SMILES string of the molecule is COc1ccc(NCC2CCNC2)c(Cl)c1. The van der Waals surface area contributed by atoms with Crippen molar-refractivity contribution in [1.82, 2.24) is 5.32 Å². The maximum Gasteiger partial charge on any atom is 0.120 e.